The van der Waals surface area contributed by atoms with E-state index in [0.717, 1.165) is 24.5 Å². The van der Waals surface area contributed by atoms with Crippen LogP contribution in [0.3, 0.4) is 0 Å². The Morgan fingerprint density at radius 2 is 2.44 bits per heavy atom. The molecule has 0 aliphatic rings. The standard InChI is InChI=1S/C10H16N6/c1-3-9(10-11-4-5-12-10)13-6-8-7-14-15-16(8)2/h4-5,7,9,13H,3,6H2,1-2H3,(H,11,12). The second kappa shape index (κ2) is 4.89. The molecule has 2 N–H and O–H groups in total. The number of nitrogens with one attached hydrogen (secondary N) is 2. The Labute approximate surface area is 94.1 Å². The van der Waals surface area contributed by atoms with E-state index in [9.17, 15) is 0 Å². The van der Waals surface area contributed by atoms with Gasteiger partial charge in [-0.3, -0.25) is 4.68 Å². The second-order valence-corrected chi connectivity index (χ2v) is 3.67. The van der Waals surface area contributed by atoms with E-state index in [0.29, 0.717) is 0 Å². The number of aryl methyl sites for hydroxylation is 1. The van der Waals surface area contributed by atoms with Crippen molar-refractivity contribution in [1.82, 2.24) is 30.3 Å². The Morgan fingerprint density at radius 3 is 3.00 bits per heavy atom. The predicted molar refractivity (Wildman–Crippen MR) is 59.5 cm³/mol. The highest BCUT2D eigenvalue weighted by Gasteiger charge is 2.11. The first kappa shape index (κ1) is 10.8. The highest BCUT2D eigenvalue weighted by molar-refractivity contribution is 4.98. The van der Waals surface area contributed by atoms with Gasteiger partial charge in [0.05, 0.1) is 17.9 Å². The van der Waals surface area contributed by atoms with Gasteiger partial charge in [-0.05, 0) is 6.42 Å². The quantitative estimate of drug-likeness (QED) is 0.781. The molecular formula is C10H16N6. The van der Waals surface area contributed by atoms with Crippen LogP contribution in [0.1, 0.15) is 30.9 Å². The third-order valence-corrected chi connectivity index (χ3v) is 2.60. The van der Waals surface area contributed by atoms with E-state index < -0.39 is 0 Å². The molecule has 0 aromatic carbocycles. The topological polar surface area (TPSA) is 71.4 Å². The van der Waals surface area contributed by atoms with E-state index in [1.54, 1.807) is 17.1 Å². The van der Waals surface area contributed by atoms with Crippen molar-refractivity contribution >= 4 is 0 Å². The molecule has 2 aromatic heterocycles. The minimum Gasteiger partial charge on any atom is -0.347 e. The van der Waals surface area contributed by atoms with Crippen molar-refractivity contribution in [2.24, 2.45) is 7.05 Å². The molecule has 6 heteroatoms. The van der Waals surface area contributed by atoms with Crippen molar-refractivity contribution in [1.29, 1.82) is 0 Å². The van der Waals surface area contributed by atoms with Crippen LogP contribution in [0.15, 0.2) is 18.6 Å². The van der Waals surface area contributed by atoms with Gasteiger partial charge in [0.25, 0.3) is 0 Å². The molecule has 0 radical (unpaired) electrons. The van der Waals surface area contributed by atoms with E-state index in [-0.39, 0.29) is 6.04 Å². The van der Waals surface area contributed by atoms with E-state index in [4.69, 9.17) is 0 Å². The Balaban J connectivity index is 1.96. The maximum atomic E-state index is 4.25. The van der Waals surface area contributed by atoms with Crippen LogP contribution in [0.25, 0.3) is 0 Å². The molecule has 16 heavy (non-hydrogen) atoms. The number of hydrogen-bond acceptors (Lipinski definition) is 4. The lowest BCUT2D eigenvalue weighted by Crippen LogP contribution is -2.22. The van der Waals surface area contributed by atoms with E-state index in [1.807, 2.05) is 13.2 Å². The number of H-pyrrole nitrogens is 1. The van der Waals surface area contributed by atoms with E-state index in [1.165, 1.54) is 0 Å². The summed E-state index contributed by atoms with van der Waals surface area (Å²) >= 11 is 0. The summed E-state index contributed by atoms with van der Waals surface area (Å²) in [6.45, 7) is 2.87. The molecule has 2 rings (SSSR count). The lowest BCUT2D eigenvalue weighted by molar-refractivity contribution is 0.484. The van der Waals surface area contributed by atoms with Gasteiger partial charge in [0, 0.05) is 26.0 Å². The summed E-state index contributed by atoms with van der Waals surface area (Å²) in [7, 11) is 1.89. The van der Waals surface area contributed by atoms with Gasteiger partial charge >= 0.3 is 0 Å². The lowest BCUT2D eigenvalue weighted by atomic mass is 10.2. The van der Waals surface area contributed by atoms with Crippen molar-refractivity contribution in [2.45, 2.75) is 25.9 Å². The minimum absolute atomic E-state index is 0.241. The van der Waals surface area contributed by atoms with Crippen LogP contribution in [0.2, 0.25) is 0 Å². The van der Waals surface area contributed by atoms with Crippen LogP contribution in [-0.2, 0) is 13.6 Å². The number of hydrogen-bond donors (Lipinski definition) is 2. The molecule has 1 unspecified atom stereocenters. The molecule has 0 fully saturated rings. The van der Waals surface area contributed by atoms with Gasteiger partial charge in [-0.25, -0.2) is 4.98 Å². The Kier molecular flexibility index (Phi) is 3.31. The number of nitrogens with zero attached hydrogens (tertiary/aromatic N) is 4. The molecular weight excluding hydrogens is 204 g/mol. The molecule has 0 bridgehead atoms. The zero-order valence-corrected chi connectivity index (χ0v) is 9.51. The predicted octanol–water partition coefficient (Wildman–Crippen LogP) is 0.779. The first-order chi connectivity index (χ1) is 7.81. The Morgan fingerprint density at radius 1 is 1.56 bits per heavy atom. The summed E-state index contributed by atoms with van der Waals surface area (Å²) in [4.78, 5) is 7.37. The Hall–Kier alpha value is -1.69. The molecule has 0 spiro atoms. The first-order valence-corrected chi connectivity index (χ1v) is 5.37. The normalized spacial score (nSPS) is 12.9. The smallest absolute Gasteiger partial charge is 0.123 e. The average Bonchev–Trinajstić information content (AvgIpc) is 2.92. The minimum atomic E-state index is 0.241. The maximum Gasteiger partial charge on any atom is 0.123 e. The van der Waals surface area contributed by atoms with Crippen molar-refractivity contribution < 1.29 is 0 Å². The van der Waals surface area contributed by atoms with Crippen LogP contribution in [0.4, 0.5) is 0 Å². The van der Waals surface area contributed by atoms with Crippen molar-refractivity contribution in [3.63, 3.8) is 0 Å². The lowest BCUT2D eigenvalue weighted by Gasteiger charge is -2.14. The Bertz CT molecular complexity index is 418. The van der Waals surface area contributed by atoms with E-state index in [2.05, 4.69) is 32.5 Å². The van der Waals surface area contributed by atoms with Crippen molar-refractivity contribution in [3.05, 3.63) is 30.1 Å². The van der Waals surface area contributed by atoms with Crippen LogP contribution in [0, 0.1) is 0 Å². The van der Waals surface area contributed by atoms with Gasteiger partial charge < -0.3 is 10.3 Å². The highest BCUT2D eigenvalue weighted by Crippen LogP contribution is 2.11. The molecule has 0 aliphatic carbocycles. The number of imidazole rings is 1. The molecule has 2 aromatic rings. The van der Waals surface area contributed by atoms with Crippen LogP contribution >= 0.6 is 0 Å². The third-order valence-electron chi connectivity index (χ3n) is 2.60. The third kappa shape index (κ3) is 2.27. The van der Waals surface area contributed by atoms with Crippen molar-refractivity contribution in [2.75, 3.05) is 0 Å². The van der Waals surface area contributed by atoms with Gasteiger partial charge in [0.2, 0.25) is 0 Å². The maximum absolute atomic E-state index is 4.25. The summed E-state index contributed by atoms with van der Waals surface area (Å²) in [6.07, 6.45) is 6.36. The number of rotatable bonds is 5. The fraction of sp³-hybridized carbons (Fsp3) is 0.500. The molecule has 0 saturated heterocycles. The summed E-state index contributed by atoms with van der Waals surface area (Å²) in [5.74, 6) is 0.970. The molecule has 0 saturated carbocycles. The van der Waals surface area contributed by atoms with E-state index >= 15 is 0 Å². The SMILES string of the molecule is CCC(NCc1cnnn1C)c1ncc[nH]1. The molecule has 2 heterocycles. The summed E-state index contributed by atoms with van der Waals surface area (Å²) in [5, 5.41) is 11.1. The molecule has 0 aliphatic heterocycles. The molecule has 86 valence electrons. The molecule has 6 nitrogen and oxygen atoms in total. The molecule has 0 amide bonds. The zero-order chi connectivity index (χ0) is 11.4. The zero-order valence-electron chi connectivity index (χ0n) is 9.51. The second-order valence-electron chi connectivity index (χ2n) is 3.67. The van der Waals surface area contributed by atoms with Crippen LogP contribution < -0.4 is 5.32 Å². The average molecular weight is 220 g/mol. The monoisotopic (exact) mass is 220 g/mol. The first-order valence-electron chi connectivity index (χ1n) is 5.37. The largest absolute Gasteiger partial charge is 0.347 e. The van der Waals surface area contributed by atoms with Gasteiger partial charge in [-0.15, -0.1) is 5.10 Å². The fourth-order valence-electron chi connectivity index (χ4n) is 1.60. The summed E-state index contributed by atoms with van der Waals surface area (Å²) in [6, 6.07) is 0.241. The highest BCUT2D eigenvalue weighted by atomic mass is 15.4. The number of aromatic nitrogens is 5. The van der Waals surface area contributed by atoms with Crippen LogP contribution in [-0.4, -0.2) is 25.0 Å². The summed E-state index contributed by atoms with van der Waals surface area (Å²) < 4.78 is 1.77. The molecule has 1 atom stereocenters. The van der Waals surface area contributed by atoms with Gasteiger partial charge in [-0.1, -0.05) is 12.1 Å². The number of aromatic amines is 1. The van der Waals surface area contributed by atoms with Gasteiger partial charge in [0.1, 0.15) is 5.82 Å². The van der Waals surface area contributed by atoms with Crippen molar-refractivity contribution in [3.8, 4) is 0 Å². The van der Waals surface area contributed by atoms with Gasteiger partial charge in [-0.2, -0.15) is 0 Å². The fourth-order valence-corrected chi connectivity index (χ4v) is 1.60. The van der Waals surface area contributed by atoms with Gasteiger partial charge in [0.15, 0.2) is 0 Å². The van der Waals surface area contributed by atoms with Crippen LogP contribution in [0.5, 0.6) is 0 Å². The summed E-state index contributed by atoms with van der Waals surface area (Å²) in [5.41, 5.74) is 1.06.